The predicted molar refractivity (Wildman–Crippen MR) is 151 cm³/mol. The summed E-state index contributed by atoms with van der Waals surface area (Å²) in [5.74, 6) is 1.97. The van der Waals surface area contributed by atoms with Gasteiger partial charge in [0.15, 0.2) is 0 Å². The standard InChI is InChI=1S/C32H38N2O2/c1-22-23(2)31-29(28(32(4,5)36-31)17-12-25-10-8-7-9-11-25)24(3)30(22)34-20-18-33(19-21-34)26-13-15-27(35-6)16-14-26/h7-11,13-17H,12,18-21H2,1-6H3/b28-17-. The van der Waals surface area contributed by atoms with Crippen LogP contribution in [0.1, 0.15) is 41.7 Å². The molecule has 0 bridgehead atoms. The quantitative estimate of drug-likeness (QED) is 0.402. The summed E-state index contributed by atoms with van der Waals surface area (Å²) in [5.41, 5.74) is 10.2. The Morgan fingerprint density at radius 2 is 1.47 bits per heavy atom. The Bertz CT molecular complexity index is 1270. The number of hydrogen-bond donors (Lipinski definition) is 0. The Labute approximate surface area is 216 Å². The first kappa shape index (κ1) is 24.3. The summed E-state index contributed by atoms with van der Waals surface area (Å²) < 4.78 is 11.9. The fraction of sp³-hybridized carbons (Fsp3) is 0.375. The van der Waals surface area contributed by atoms with Gasteiger partial charge in [-0.1, -0.05) is 36.4 Å². The van der Waals surface area contributed by atoms with Crippen LogP contribution >= 0.6 is 0 Å². The van der Waals surface area contributed by atoms with E-state index in [-0.39, 0.29) is 5.60 Å². The van der Waals surface area contributed by atoms with E-state index in [4.69, 9.17) is 9.47 Å². The number of rotatable bonds is 5. The van der Waals surface area contributed by atoms with Crippen molar-refractivity contribution in [3.05, 3.63) is 88.5 Å². The minimum atomic E-state index is -0.342. The summed E-state index contributed by atoms with van der Waals surface area (Å²) in [6.45, 7) is 15.2. The Morgan fingerprint density at radius 3 is 2.11 bits per heavy atom. The van der Waals surface area contributed by atoms with E-state index in [0.717, 1.165) is 44.1 Å². The first-order valence-electron chi connectivity index (χ1n) is 13.0. The highest BCUT2D eigenvalue weighted by molar-refractivity contribution is 5.88. The van der Waals surface area contributed by atoms with Crippen LogP contribution in [0.15, 0.2) is 60.7 Å². The lowest BCUT2D eigenvalue weighted by Gasteiger charge is -2.39. The van der Waals surface area contributed by atoms with Crippen LogP contribution in [0.4, 0.5) is 11.4 Å². The Kier molecular flexibility index (Phi) is 6.46. The van der Waals surface area contributed by atoms with Crippen molar-refractivity contribution in [3.63, 3.8) is 0 Å². The molecule has 0 aromatic heterocycles. The SMILES string of the molecule is COc1ccc(N2CCN(c3c(C)c(C)c4c(c3C)/C(=C/Cc3ccccc3)C(C)(C)O4)CC2)cc1. The Hall–Kier alpha value is -3.40. The van der Waals surface area contributed by atoms with Crippen molar-refractivity contribution in [2.75, 3.05) is 43.1 Å². The molecule has 0 aliphatic carbocycles. The van der Waals surface area contributed by atoms with E-state index in [9.17, 15) is 0 Å². The Balaban J connectivity index is 1.45. The summed E-state index contributed by atoms with van der Waals surface area (Å²) in [6, 6.07) is 19.1. The van der Waals surface area contributed by atoms with E-state index >= 15 is 0 Å². The molecule has 36 heavy (non-hydrogen) atoms. The molecule has 1 saturated heterocycles. The van der Waals surface area contributed by atoms with E-state index in [0.29, 0.717) is 0 Å². The third-order valence-electron chi connectivity index (χ3n) is 7.91. The minimum Gasteiger partial charge on any atom is -0.497 e. The molecule has 3 aromatic rings. The summed E-state index contributed by atoms with van der Waals surface area (Å²) in [4.78, 5) is 5.05. The zero-order chi connectivity index (χ0) is 25.4. The second-order valence-corrected chi connectivity index (χ2v) is 10.5. The topological polar surface area (TPSA) is 24.9 Å². The number of benzene rings is 3. The summed E-state index contributed by atoms with van der Waals surface area (Å²) in [5, 5.41) is 0. The Morgan fingerprint density at radius 1 is 0.833 bits per heavy atom. The maximum atomic E-state index is 6.62. The van der Waals surface area contributed by atoms with Gasteiger partial charge >= 0.3 is 0 Å². The minimum absolute atomic E-state index is 0.342. The molecule has 0 atom stereocenters. The molecule has 0 unspecified atom stereocenters. The van der Waals surface area contributed by atoms with Crippen molar-refractivity contribution < 1.29 is 9.47 Å². The van der Waals surface area contributed by atoms with Gasteiger partial charge in [-0.25, -0.2) is 0 Å². The zero-order valence-corrected chi connectivity index (χ0v) is 22.5. The van der Waals surface area contributed by atoms with Gasteiger partial charge in [-0.2, -0.15) is 0 Å². The maximum Gasteiger partial charge on any atom is 0.131 e. The molecule has 0 amide bonds. The van der Waals surface area contributed by atoms with E-state index < -0.39 is 0 Å². The van der Waals surface area contributed by atoms with Crippen molar-refractivity contribution in [3.8, 4) is 11.5 Å². The van der Waals surface area contributed by atoms with Crippen LogP contribution < -0.4 is 19.3 Å². The number of ether oxygens (including phenoxy) is 2. The number of anilines is 2. The van der Waals surface area contributed by atoms with Crippen LogP contribution in [0, 0.1) is 20.8 Å². The molecule has 2 aliphatic heterocycles. The highest BCUT2D eigenvalue weighted by Gasteiger charge is 2.40. The number of piperazine rings is 1. The smallest absolute Gasteiger partial charge is 0.131 e. The predicted octanol–water partition coefficient (Wildman–Crippen LogP) is 6.74. The van der Waals surface area contributed by atoms with E-state index in [1.165, 1.54) is 44.8 Å². The zero-order valence-electron chi connectivity index (χ0n) is 22.5. The lowest BCUT2D eigenvalue weighted by atomic mass is 9.86. The molecular weight excluding hydrogens is 444 g/mol. The van der Waals surface area contributed by atoms with Gasteiger partial charge in [-0.15, -0.1) is 0 Å². The lowest BCUT2D eigenvalue weighted by molar-refractivity contribution is 0.188. The van der Waals surface area contributed by atoms with Gasteiger partial charge in [0, 0.05) is 48.7 Å². The van der Waals surface area contributed by atoms with Gasteiger partial charge in [0.1, 0.15) is 17.1 Å². The molecular formula is C32H38N2O2. The third kappa shape index (κ3) is 4.34. The van der Waals surface area contributed by atoms with Gasteiger partial charge in [-0.05, 0) is 87.6 Å². The molecule has 0 N–H and O–H groups in total. The molecule has 2 heterocycles. The van der Waals surface area contributed by atoms with E-state index in [1.807, 2.05) is 12.1 Å². The van der Waals surface area contributed by atoms with Gasteiger partial charge < -0.3 is 19.3 Å². The molecule has 4 nitrogen and oxygen atoms in total. The number of nitrogens with zero attached hydrogens (tertiary/aromatic N) is 2. The largest absolute Gasteiger partial charge is 0.497 e. The van der Waals surface area contributed by atoms with Crippen molar-refractivity contribution in [2.24, 2.45) is 0 Å². The highest BCUT2D eigenvalue weighted by Crippen LogP contribution is 2.51. The van der Waals surface area contributed by atoms with Crippen molar-refractivity contribution in [1.82, 2.24) is 0 Å². The molecule has 2 aliphatic rings. The summed E-state index contributed by atoms with van der Waals surface area (Å²) in [7, 11) is 1.71. The summed E-state index contributed by atoms with van der Waals surface area (Å²) in [6.07, 6.45) is 3.29. The average Bonchev–Trinajstić information content (AvgIpc) is 3.17. The molecule has 188 valence electrons. The van der Waals surface area contributed by atoms with Crippen LogP contribution in [-0.4, -0.2) is 38.9 Å². The number of fused-ring (bicyclic) bond motifs is 1. The monoisotopic (exact) mass is 482 g/mol. The molecule has 0 spiro atoms. The fourth-order valence-corrected chi connectivity index (χ4v) is 5.81. The second kappa shape index (κ2) is 9.57. The van der Waals surface area contributed by atoms with Crippen molar-refractivity contribution in [1.29, 1.82) is 0 Å². The highest BCUT2D eigenvalue weighted by atomic mass is 16.5. The van der Waals surface area contributed by atoms with E-state index in [1.54, 1.807) is 7.11 Å². The molecule has 0 saturated carbocycles. The van der Waals surface area contributed by atoms with E-state index in [2.05, 4.69) is 93.0 Å². The molecule has 1 fully saturated rings. The number of hydrogen-bond acceptors (Lipinski definition) is 4. The first-order valence-corrected chi connectivity index (χ1v) is 13.0. The third-order valence-corrected chi connectivity index (χ3v) is 7.91. The average molecular weight is 483 g/mol. The van der Waals surface area contributed by atoms with Gasteiger partial charge in [0.05, 0.1) is 7.11 Å². The van der Waals surface area contributed by atoms with Crippen LogP contribution in [0.5, 0.6) is 11.5 Å². The van der Waals surface area contributed by atoms with Gasteiger partial charge in [-0.3, -0.25) is 0 Å². The molecule has 0 radical (unpaired) electrons. The molecule has 4 heteroatoms. The van der Waals surface area contributed by atoms with Crippen LogP contribution in [0.3, 0.4) is 0 Å². The normalized spacial score (nSPS) is 17.8. The number of allylic oxidation sites excluding steroid dienone is 1. The van der Waals surface area contributed by atoms with Crippen molar-refractivity contribution >= 4 is 16.9 Å². The fourth-order valence-electron chi connectivity index (χ4n) is 5.81. The molecule has 5 rings (SSSR count). The lowest BCUT2D eigenvalue weighted by Crippen LogP contribution is -2.47. The molecule has 3 aromatic carbocycles. The van der Waals surface area contributed by atoms with Gasteiger partial charge in [0.2, 0.25) is 0 Å². The van der Waals surface area contributed by atoms with Gasteiger partial charge in [0.25, 0.3) is 0 Å². The maximum absolute atomic E-state index is 6.62. The summed E-state index contributed by atoms with van der Waals surface area (Å²) >= 11 is 0. The van der Waals surface area contributed by atoms with Crippen LogP contribution in [-0.2, 0) is 6.42 Å². The number of methoxy groups -OCH3 is 1. The van der Waals surface area contributed by atoms with Crippen molar-refractivity contribution in [2.45, 2.75) is 46.6 Å². The van der Waals surface area contributed by atoms with Crippen LogP contribution in [0.2, 0.25) is 0 Å². The first-order chi connectivity index (χ1) is 17.3. The second-order valence-electron chi connectivity index (χ2n) is 10.5. The van der Waals surface area contributed by atoms with Crippen LogP contribution in [0.25, 0.3) is 5.57 Å².